The standard InChI is InChI=1S/C22H29N3O6S.3H2O/c1-21(2,3)20(29)31-11-30-19(28)15-22(4,5)32-18-14(17(27)25(15)18)24-16(26)13(23)12-9-7-6-8-10-12;;;/h6-10,13-15,18H,11,23H2,1-5H3,(H,24,26);3*1H2/t13-,14+,15-,18+;;;/m0.../s1. The van der Waals surface area contributed by atoms with E-state index < -0.39 is 58.3 Å². The molecule has 35 heavy (non-hydrogen) atoms. The third-order valence-corrected chi connectivity index (χ3v) is 6.98. The Labute approximate surface area is 207 Å². The number of hydrogen-bond acceptors (Lipinski definition) is 8. The van der Waals surface area contributed by atoms with Gasteiger partial charge in [-0.15, -0.1) is 11.8 Å². The molecule has 2 amide bonds. The van der Waals surface area contributed by atoms with E-state index in [9.17, 15) is 19.2 Å². The van der Waals surface area contributed by atoms with E-state index in [-0.39, 0.29) is 22.3 Å². The minimum absolute atomic E-state index is 0. The number of nitrogens with one attached hydrogen (secondary N) is 1. The summed E-state index contributed by atoms with van der Waals surface area (Å²) in [6, 6.07) is 6.31. The molecule has 9 N–H and O–H groups in total. The van der Waals surface area contributed by atoms with Crippen LogP contribution >= 0.6 is 11.8 Å². The van der Waals surface area contributed by atoms with Crippen LogP contribution in [0.1, 0.15) is 46.2 Å². The minimum atomic E-state index is -0.907. The number of rotatable bonds is 6. The van der Waals surface area contributed by atoms with Crippen LogP contribution < -0.4 is 11.1 Å². The minimum Gasteiger partial charge on any atom is -0.427 e. The molecule has 0 unspecified atom stereocenters. The molecule has 198 valence electrons. The Bertz CT molecular complexity index is 920. The van der Waals surface area contributed by atoms with Crippen LogP contribution in [0.5, 0.6) is 0 Å². The number of nitrogens with two attached hydrogens (primary N) is 1. The van der Waals surface area contributed by atoms with Crippen LogP contribution in [-0.2, 0) is 28.7 Å². The number of amides is 2. The quantitative estimate of drug-likeness (QED) is 0.265. The molecule has 4 atom stereocenters. The van der Waals surface area contributed by atoms with E-state index in [0.717, 1.165) is 0 Å². The summed E-state index contributed by atoms with van der Waals surface area (Å²) in [6.45, 7) is 8.20. The zero-order valence-electron chi connectivity index (χ0n) is 20.3. The van der Waals surface area contributed by atoms with Gasteiger partial charge >= 0.3 is 11.9 Å². The second-order valence-electron chi connectivity index (χ2n) is 9.40. The van der Waals surface area contributed by atoms with E-state index in [0.29, 0.717) is 5.56 Å². The fourth-order valence-electron chi connectivity index (χ4n) is 3.62. The molecule has 2 saturated heterocycles. The number of thioether (sulfide) groups is 1. The van der Waals surface area contributed by atoms with Crippen LogP contribution in [-0.4, -0.2) is 74.1 Å². The molecule has 1 aromatic carbocycles. The molecule has 0 bridgehead atoms. The van der Waals surface area contributed by atoms with E-state index in [4.69, 9.17) is 15.2 Å². The molecular weight excluding hydrogens is 482 g/mol. The van der Waals surface area contributed by atoms with Crippen molar-refractivity contribution in [3.8, 4) is 0 Å². The summed E-state index contributed by atoms with van der Waals surface area (Å²) < 4.78 is 9.47. The second-order valence-corrected chi connectivity index (χ2v) is 11.2. The van der Waals surface area contributed by atoms with Crippen LogP contribution in [0.4, 0.5) is 0 Å². The maximum absolute atomic E-state index is 12.8. The number of fused-ring (bicyclic) bond motifs is 1. The molecule has 13 heteroatoms. The third-order valence-electron chi connectivity index (χ3n) is 5.41. The van der Waals surface area contributed by atoms with Gasteiger partial charge in [0.15, 0.2) is 0 Å². The summed E-state index contributed by atoms with van der Waals surface area (Å²) in [4.78, 5) is 51.4. The van der Waals surface area contributed by atoms with Gasteiger partial charge in [-0.2, -0.15) is 0 Å². The Hall–Kier alpha value is -2.71. The summed E-state index contributed by atoms with van der Waals surface area (Å²) in [5, 5.41) is 2.29. The maximum Gasteiger partial charge on any atom is 0.333 e. The monoisotopic (exact) mass is 517 g/mol. The lowest BCUT2D eigenvalue weighted by Gasteiger charge is -2.44. The molecular formula is C22H35N3O9S. The molecule has 0 aromatic heterocycles. The fourth-order valence-corrected chi connectivity index (χ4v) is 5.24. The highest BCUT2D eigenvalue weighted by molar-refractivity contribution is 8.01. The molecule has 0 spiro atoms. The van der Waals surface area contributed by atoms with Crippen LogP contribution in [0.15, 0.2) is 30.3 Å². The highest BCUT2D eigenvalue weighted by atomic mass is 32.2. The summed E-state index contributed by atoms with van der Waals surface area (Å²) in [5.41, 5.74) is 5.94. The average Bonchev–Trinajstić information content (AvgIpc) is 2.98. The predicted molar refractivity (Wildman–Crippen MR) is 129 cm³/mol. The molecule has 2 heterocycles. The molecule has 0 saturated carbocycles. The van der Waals surface area contributed by atoms with Gasteiger partial charge in [0.25, 0.3) is 0 Å². The first-order valence-corrected chi connectivity index (χ1v) is 11.2. The van der Waals surface area contributed by atoms with Crippen molar-refractivity contribution in [2.45, 2.75) is 62.9 Å². The normalized spacial score (nSPS) is 22.6. The van der Waals surface area contributed by atoms with Gasteiger partial charge in [0, 0.05) is 4.75 Å². The maximum atomic E-state index is 12.8. The average molecular weight is 518 g/mol. The number of carbonyl (C=O) groups excluding carboxylic acids is 4. The Kier molecular flexibility index (Phi) is 10.9. The second kappa shape index (κ2) is 11.8. The van der Waals surface area contributed by atoms with Gasteiger partial charge in [0.05, 0.1) is 5.41 Å². The molecule has 2 aliphatic heterocycles. The zero-order valence-corrected chi connectivity index (χ0v) is 21.1. The number of ether oxygens (including phenoxy) is 2. The van der Waals surface area contributed by atoms with Crippen molar-refractivity contribution >= 4 is 35.5 Å². The molecule has 0 radical (unpaired) electrons. The van der Waals surface area contributed by atoms with Crippen molar-refractivity contribution in [2.24, 2.45) is 11.1 Å². The first-order chi connectivity index (χ1) is 14.8. The molecule has 2 fully saturated rings. The van der Waals surface area contributed by atoms with E-state index in [2.05, 4.69) is 5.32 Å². The van der Waals surface area contributed by atoms with Gasteiger partial charge in [-0.25, -0.2) is 4.79 Å². The molecule has 3 rings (SSSR count). The number of hydrogen-bond donors (Lipinski definition) is 2. The Balaban J connectivity index is 0.00000385. The van der Waals surface area contributed by atoms with Crippen molar-refractivity contribution in [1.29, 1.82) is 0 Å². The van der Waals surface area contributed by atoms with Crippen molar-refractivity contribution in [3.05, 3.63) is 35.9 Å². The highest BCUT2D eigenvalue weighted by Gasteiger charge is 2.64. The van der Waals surface area contributed by atoms with Gasteiger partial charge in [-0.3, -0.25) is 14.4 Å². The summed E-state index contributed by atoms with van der Waals surface area (Å²) in [7, 11) is 0. The molecule has 0 aliphatic carbocycles. The largest absolute Gasteiger partial charge is 0.427 e. The van der Waals surface area contributed by atoms with Crippen molar-refractivity contribution in [1.82, 2.24) is 10.2 Å². The van der Waals surface area contributed by atoms with Gasteiger partial charge < -0.3 is 41.9 Å². The lowest BCUT2D eigenvalue weighted by Crippen LogP contribution is -2.71. The van der Waals surface area contributed by atoms with E-state index in [1.165, 1.54) is 16.7 Å². The lowest BCUT2D eigenvalue weighted by molar-refractivity contribution is -0.180. The van der Waals surface area contributed by atoms with Gasteiger partial charge in [-0.05, 0) is 40.2 Å². The van der Waals surface area contributed by atoms with Crippen LogP contribution in [0.3, 0.4) is 0 Å². The topological polar surface area (TPSA) is 223 Å². The highest BCUT2D eigenvalue weighted by Crippen LogP contribution is 2.51. The van der Waals surface area contributed by atoms with Crippen molar-refractivity contribution in [3.63, 3.8) is 0 Å². The van der Waals surface area contributed by atoms with Gasteiger partial charge in [-0.1, -0.05) is 30.3 Å². The molecule has 1 aromatic rings. The van der Waals surface area contributed by atoms with Crippen molar-refractivity contribution < 1.29 is 45.1 Å². The lowest BCUT2D eigenvalue weighted by atomic mass is 9.95. The van der Waals surface area contributed by atoms with Gasteiger partial charge in [0.2, 0.25) is 18.6 Å². The SMILES string of the molecule is CC(C)(C)C(=O)OCOC(=O)[C@@H]1N2C(=O)[C@@H](NC(=O)[C@@H](N)c3ccccc3)[C@H]2SC1(C)C.O.O.O. The number of esters is 2. The summed E-state index contributed by atoms with van der Waals surface area (Å²) in [6.07, 6.45) is 0. The van der Waals surface area contributed by atoms with E-state index in [1.54, 1.807) is 45.0 Å². The Morgan fingerprint density at radius 3 is 2.23 bits per heavy atom. The number of β-lactam (4-membered cyclic amide) rings is 1. The number of benzene rings is 1. The number of carbonyl (C=O) groups is 4. The smallest absolute Gasteiger partial charge is 0.333 e. The Morgan fingerprint density at radius 2 is 1.69 bits per heavy atom. The van der Waals surface area contributed by atoms with Gasteiger partial charge in [0.1, 0.15) is 23.5 Å². The van der Waals surface area contributed by atoms with Crippen molar-refractivity contribution in [2.75, 3.05) is 6.79 Å². The van der Waals surface area contributed by atoms with Crippen LogP contribution in [0.25, 0.3) is 0 Å². The first-order valence-electron chi connectivity index (χ1n) is 10.3. The molecule has 12 nitrogen and oxygen atoms in total. The summed E-state index contributed by atoms with van der Waals surface area (Å²) >= 11 is 1.40. The van der Waals surface area contributed by atoms with Crippen LogP contribution in [0.2, 0.25) is 0 Å². The van der Waals surface area contributed by atoms with E-state index >= 15 is 0 Å². The fraction of sp³-hybridized carbons (Fsp3) is 0.545. The van der Waals surface area contributed by atoms with Crippen LogP contribution in [0, 0.1) is 5.41 Å². The predicted octanol–water partition coefficient (Wildman–Crippen LogP) is -1.15. The first kappa shape index (κ1) is 32.3. The Morgan fingerprint density at radius 1 is 1.11 bits per heavy atom. The number of nitrogens with zero attached hydrogens (tertiary/aromatic N) is 1. The summed E-state index contributed by atoms with van der Waals surface area (Å²) in [5.74, 6) is -2.00. The van der Waals surface area contributed by atoms with E-state index in [1.807, 2.05) is 19.9 Å². The molecule has 2 aliphatic rings. The zero-order chi connectivity index (χ0) is 23.8. The third kappa shape index (κ3) is 6.49.